The molecule has 1 N–H and O–H groups in total. The van der Waals surface area contributed by atoms with E-state index >= 15 is 0 Å². The predicted molar refractivity (Wildman–Crippen MR) is 55.1 cm³/mol. The lowest BCUT2D eigenvalue weighted by Gasteiger charge is -2.16. The van der Waals surface area contributed by atoms with E-state index in [4.69, 9.17) is 11.6 Å². The molecule has 6 heteroatoms. The third-order valence-electron chi connectivity index (χ3n) is 1.66. The van der Waals surface area contributed by atoms with E-state index < -0.39 is 10.2 Å². The van der Waals surface area contributed by atoms with Crippen LogP contribution in [-0.2, 0) is 10.2 Å². The van der Waals surface area contributed by atoms with Crippen molar-refractivity contribution in [1.29, 1.82) is 0 Å². The van der Waals surface area contributed by atoms with E-state index in [1.807, 2.05) is 13.8 Å². The van der Waals surface area contributed by atoms with Crippen molar-refractivity contribution in [1.82, 2.24) is 9.03 Å². The Bertz CT molecular complexity index is 239. The summed E-state index contributed by atoms with van der Waals surface area (Å²) in [6, 6.07) is 0. The van der Waals surface area contributed by atoms with Crippen LogP contribution in [0.15, 0.2) is 0 Å². The summed E-state index contributed by atoms with van der Waals surface area (Å²) in [5.41, 5.74) is 0. The van der Waals surface area contributed by atoms with Crippen LogP contribution < -0.4 is 4.72 Å². The number of nitrogens with one attached hydrogen (secondary N) is 1. The fourth-order valence-corrected chi connectivity index (χ4v) is 1.37. The van der Waals surface area contributed by atoms with Gasteiger partial charge in [-0.3, -0.25) is 0 Å². The second kappa shape index (κ2) is 5.14. The maximum absolute atomic E-state index is 11.2. The van der Waals surface area contributed by atoms with E-state index in [9.17, 15) is 8.42 Å². The summed E-state index contributed by atoms with van der Waals surface area (Å²) in [5, 5.41) is -0.172. The molecule has 0 aliphatic heterocycles. The van der Waals surface area contributed by atoms with Gasteiger partial charge in [-0.25, -0.2) is 4.72 Å². The van der Waals surface area contributed by atoms with Gasteiger partial charge in [0.15, 0.2) is 0 Å². The zero-order valence-electron chi connectivity index (χ0n) is 8.41. The Hall–Kier alpha value is 0.160. The minimum Gasteiger partial charge on any atom is -0.201 e. The number of hydrogen-bond acceptors (Lipinski definition) is 2. The molecule has 0 saturated carbocycles. The topological polar surface area (TPSA) is 49.4 Å². The molecular weight excluding hydrogens is 212 g/mol. The Morgan fingerprint density at radius 2 is 1.85 bits per heavy atom. The maximum Gasteiger partial charge on any atom is 0.278 e. The fraction of sp³-hybridized carbons (Fsp3) is 1.00. The lowest BCUT2D eigenvalue weighted by Crippen LogP contribution is -2.39. The molecule has 4 nitrogen and oxygen atoms in total. The summed E-state index contributed by atoms with van der Waals surface area (Å²) in [5.74, 6) is 0.256. The molecule has 0 aliphatic rings. The fourth-order valence-electron chi connectivity index (χ4n) is 0.550. The molecule has 0 amide bonds. The largest absolute Gasteiger partial charge is 0.278 e. The van der Waals surface area contributed by atoms with Crippen molar-refractivity contribution < 1.29 is 8.42 Å². The van der Waals surface area contributed by atoms with Gasteiger partial charge in [0, 0.05) is 26.0 Å². The lowest BCUT2D eigenvalue weighted by atomic mass is 10.1. The average molecular weight is 229 g/mol. The van der Waals surface area contributed by atoms with Gasteiger partial charge in [0.2, 0.25) is 0 Å². The van der Waals surface area contributed by atoms with Crippen molar-refractivity contribution in [3.05, 3.63) is 0 Å². The van der Waals surface area contributed by atoms with Crippen LogP contribution in [0.5, 0.6) is 0 Å². The summed E-state index contributed by atoms with van der Waals surface area (Å²) in [6.07, 6.45) is 0. The molecule has 0 aliphatic carbocycles. The highest BCUT2D eigenvalue weighted by atomic mass is 35.5. The van der Waals surface area contributed by atoms with Crippen LogP contribution in [0, 0.1) is 5.92 Å². The third-order valence-corrected chi connectivity index (χ3v) is 3.82. The van der Waals surface area contributed by atoms with Crippen molar-refractivity contribution >= 4 is 21.8 Å². The van der Waals surface area contributed by atoms with E-state index in [2.05, 4.69) is 4.72 Å². The van der Waals surface area contributed by atoms with Gasteiger partial charge in [-0.1, -0.05) is 13.8 Å². The first-order valence-corrected chi connectivity index (χ1v) is 5.96. The van der Waals surface area contributed by atoms with Crippen LogP contribution in [0.25, 0.3) is 0 Å². The van der Waals surface area contributed by atoms with Crippen molar-refractivity contribution in [3.8, 4) is 0 Å². The quantitative estimate of drug-likeness (QED) is 0.703. The van der Waals surface area contributed by atoms with E-state index in [0.29, 0.717) is 0 Å². The van der Waals surface area contributed by atoms with Gasteiger partial charge >= 0.3 is 0 Å². The minimum atomic E-state index is -3.33. The summed E-state index contributed by atoms with van der Waals surface area (Å²) in [7, 11) is -0.382. The Morgan fingerprint density at radius 1 is 1.38 bits per heavy atom. The Kier molecular flexibility index (Phi) is 5.21. The van der Waals surface area contributed by atoms with Gasteiger partial charge in [0.1, 0.15) is 0 Å². The Morgan fingerprint density at radius 3 is 2.15 bits per heavy atom. The molecule has 0 aromatic carbocycles. The molecular formula is C7H17ClN2O2S. The molecule has 1 unspecified atom stereocenters. The normalized spacial score (nSPS) is 15.3. The summed E-state index contributed by atoms with van der Waals surface area (Å²) in [4.78, 5) is 0. The number of hydrogen-bond donors (Lipinski definition) is 1. The smallest absolute Gasteiger partial charge is 0.201 e. The van der Waals surface area contributed by atoms with E-state index in [-0.39, 0.29) is 17.8 Å². The van der Waals surface area contributed by atoms with Gasteiger partial charge in [0.25, 0.3) is 10.2 Å². The molecule has 1 atom stereocenters. The maximum atomic E-state index is 11.2. The molecule has 80 valence electrons. The van der Waals surface area contributed by atoms with Gasteiger partial charge < -0.3 is 0 Å². The number of rotatable bonds is 5. The van der Waals surface area contributed by atoms with Gasteiger partial charge in [0.05, 0.1) is 0 Å². The van der Waals surface area contributed by atoms with Crippen LogP contribution in [0.3, 0.4) is 0 Å². The lowest BCUT2D eigenvalue weighted by molar-refractivity contribution is 0.497. The molecule has 0 aromatic heterocycles. The van der Waals surface area contributed by atoms with Crippen LogP contribution in [0.4, 0.5) is 0 Å². The Labute approximate surface area is 85.4 Å². The molecule has 0 fully saturated rings. The van der Waals surface area contributed by atoms with Crippen molar-refractivity contribution in [2.75, 3.05) is 20.6 Å². The minimum absolute atomic E-state index is 0.172. The molecule has 0 spiro atoms. The molecule has 0 bridgehead atoms. The first-order chi connectivity index (χ1) is 5.77. The SMILES string of the molecule is CC(C)C(Cl)CNS(=O)(=O)N(C)C. The summed E-state index contributed by atoms with van der Waals surface area (Å²) in [6.45, 7) is 4.16. The van der Waals surface area contributed by atoms with E-state index in [1.165, 1.54) is 14.1 Å². The van der Waals surface area contributed by atoms with E-state index in [1.54, 1.807) is 0 Å². The zero-order valence-corrected chi connectivity index (χ0v) is 9.98. The third kappa shape index (κ3) is 4.81. The van der Waals surface area contributed by atoms with Gasteiger partial charge in [-0.15, -0.1) is 11.6 Å². The predicted octanol–water partition coefficient (Wildman–Crippen LogP) is 0.646. The summed E-state index contributed by atoms with van der Waals surface area (Å²) < 4.78 is 26.0. The second-order valence-electron chi connectivity index (χ2n) is 3.40. The molecule has 0 aromatic rings. The van der Waals surface area contributed by atoms with Gasteiger partial charge in [-0.2, -0.15) is 12.7 Å². The van der Waals surface area contributed by atoms with Crippen LogP contribution in [0.2, 0.25) is 0 Å². The molecule has 0 saturated heterocycles. The number of alkyl halides is 1. The molecule has 0 radical (unpaired) electrons. The average Bonchev–Trinajstić information content (AvgIpc) is 1.99. The van der Waals surface area contributed by atoms with Crippen LogP contribution >= 0.6 is 11.6 Å². The molecule has 0 rings (SSSR count). The van der Waals surface area contributed by atoms with Crippen molar-refractivity contribution in [2.45, 2.75) is 19.2 Å². The second-order valence-corrected chi connectivity index (χ2v) is 5.93. The van der Waals surface area contributed by atoms with Crippen LogP contribution in [0.1, 0.15) is 13.8 Å². The van der Waals surface area contributed by atoms with Crippen molar-refractivity contribution in [3.63, 3.8) is 0 Å². The standard InChI is InChI=1S/C7H17ClN2O2S/c1-6(2)7(8)5-9-13(11,12)10(3)4/h6-7,9H,5H2,1-4H3. The summed E-state index contributed by atoms with van der Waals surface area (Å²) >= 11 is 5.88. The number of halogens is 1. The first kappa shape index (κ1) is 13.2. The highest BCUT2D eigenvalue weighted by molar-refractivity contribution is 7.87. The van der Waals surface area contributed by atoms with Crippen LogP contribution in [-0.4, -0.2) is 38.7 Å². The highest BCUT2D eigenvalue weighted by Crippen LogP contribution is 2.08. The first-order valence-electron chi connectivity index (χ1n) is 4.08. The Balaban J connectivity index is 4.04. The zero-order chi connectivity index (χ0) is 10.6. The van der Waals surface area contributed by atoms with Crippen molar-refractivity contribution in [2.24, 2.45) is 5.92 Å². The van der Waals surface area contributed by atoms with Gasteiger partial charge in [-0.05, 0) is 5.92 Å². The highest BCUT2D eigenvalue weighted by Gasteiger charge is 2.16. The monoisotopic (exact) mass is 228 g/mol. The van der Waals surface area contributed by atoms with E-state index in [0.717, 1.165) is 4.31 Å². The molecule has 0 heterocycles. The number of nitrogens with zero attached hydrogens (tertiary/aromatic N) is 1. The molecule has 13 heavy (non-hydrogen) atoms.